The number of rotatable bonds is 35. The molecule has 2 fully saturated rings. The topological polar surface area (TPSA) is 95.5 Å². The maximum atomic E-state index is 7.97. The van der Waals surface area contributed by atoms with Gasteiger partial charge < -0.3 is 47.4 Å². The van der Waals surface area contributed by atoms with Gasteiger partial charge in [-0.1, -0.05) is 282 Å². The highest BCUT2D eigenvalue weighted by molar-refractivity contribution is 5.21. The Morgan fingerprint density at radius 2 is 0.632 bits per heavy atom. The predicted molar refractivity (Wildman–Crippen MR) is 340 cm³/mol. The summed E-state index contributed by atoms with van der Waals surface area (Å²) in [5, 5.41) is 0. The highest BCUT2D eigenvalue weighted by atomic mass is 16.8. The Kier molecular flexibility index (Phi) is 25.7. The van der Waals surface area contributed by atoms with Crippen LogP contribution in [0.3, 0.4) is 0 Å². The number of hydrogen-bond acceptors (Lipinski definition) is 11. The van der Waals surface area contributed by atoms with Crippen LogP contribution >= 0.6 is 0 Å². The van der Waals surface area contributed by atoms with E-state index in [1.165, 1.54) is 19.3 Å². The minimum Gasteiger partial charge on any atom is -0.374 e. The van der Waals surface area contributed by atoms with Gasteiger partial charge in [-0.05, 0) is 50.9 Å². The molecule has 8 aromatic carbocycles. The summed E-state index contributed by atoms with van der Waals surface area (Å²) in [7, 11) is 0. The molecule has 10 atom stereocenters. The van der Waals surface area contributed by atoms with E-state index in [1.807, 2.05) is 109 Å². The van der Waals surface area contributed by atoms with Crippen molar-refractivity contribution in [3.63, 3.8) is 0 Å². The molecule has 456 valence electrons. The first-order valence-corrected chi connectivity index (χ1v) is 31.4. The molecule has 2 saturated heterocycles. The van der Waals surface area contributed by atoms with Gasteiger partial charge in [0.2, 0.25) is 0 Å². The van der Waals surface area contributed by atoms with E-state index >= 15 is 0 Å². The zero-order chi connectivity index (χ0) is 59.3. The average molecular weight is 1170 g/mol. The molecule has 2 aliphatic heterocycles. The molecule has 87 heavy (non-hydrogen) atoms. The highest BCUT2D eigenvalue weighted by Gasteiger charge is 2.55. The predicted octanol–water partition coefficient (Wildman–Crippen LogP) is 15.0. The lowest BCUT2D eigenvalue weighted by molar-refractivity contribution is -0.375. The Bertz CT molecular complexity index is 3020. The maximum absolute atomic E-state index is 7.97. The monoisotopic (exact) mass is 1170 g/mol. The van der Waals surface area contributed by atoms with E-state index in [2.05, 4.69) is 145 Å². The van der Waals surface area contributed by atoms with Crippen molar-refractivity contribution >= 4 is 0 Å². The Balaban J connectivity index is 1.10. The van der Waals surface area contributed by atoms with Gasteiger partial charge in [0.15, 0.2) is 12.6 Å². The number of benzene rings is 8. The van der Waals surface area contributed by atoms with Crippen LogP contribution < -0.4 is 0 Å². The van der Waals surface area contributed by atoms with Crippen LogP contribution in [-0.2, 0) is 100 Å². The van der Waals surface area contributed by atoms with Crippen molar-refractivity contribution in [3.05, 3.63) is 287 Å². The maximum Gasteiger partial charge on any atom is 0.187 e. The second kappa shape index (κ2) is 35.3. The van der Waals surface area contributed by atoms with Gasteiger partial charge in [-0.25, -0.2) is 0 Å². The second-order valence-corrected chi connectivity index (χ2v) is 22.7. The lowest BCUT2D eigenvalue weighted by Crippen LogP contribution is -2.68. The van der Waals surface area contributed by atoms with Crippen LogP contribution in [-0.4, -0.2) is 86.1 Å². The van der Waals surface area contributed by atoms with Crippen LogP contribution in [0.25, 0.3) is 0 Å². The third-order valence-corrected chi connectivity index (χ3v) is 16.1. The first-order chi connectivity index (χ1) is 43.1. The van der Waals surface area contributed by atoms with Crippen LogP contribution in [0.5, 0.6) is 0 Å². The van der Waals surface area contributed by atoms with E-state index in [1.54, 1.807) is 0 Å². The van der Waals surface area contributed by atoms with Crippen molar-refractivity contribution in [1.29, 1.82) is 0 Å². The van der Waals surface area contributed by atoms with E-state index in [0.29, 0.717) is 46.1 Å². The summed E-state index contributed by atoms with van der Waals surface area (Å²) in [6, 6.07) is 82.0. The number of ether oxygens (including phenoxy) is 10. The van der Waals surface area contributed by atoms with Gasteiger partial charge in [0, 0.05) is 19.7 Å². The van der Waals surface area contributed by atoms with Gasteiger partial charge in [0.05, 0.1) is 58.9 Å². The van der Waals surface area contributed by atoms with E-state index in [-0.39, 0.29) is 26.4 Å². The number of nitrogens with zero attached hydrogens (tertiary/aromatic N) is 1. The van der Waals surface area contributed by atoms with Gasteiger partial charge in [0.1, 0.15) is 42.7 Å². The van der Waals surface area contributed by atoms with Crippen LogP contribution in [0.15, 0.2) is 243 Å². The fraction of sp³-hybridized carbons (Fsp3) is 0.368. The molecule has 0 aliphatic carbocycles. The Morgan fingerprint density at radius 1 is 0.310 bits per heavy atom. The number of unbranched alkanes of at least 4 members (excludes halogenated alkanes) is 5. The molecule has 11 heteroatoms. The average Bonchev–Trinajstić information content (AvgIpc) is 0.974. The normalized spacial score (nSPS) is 22.1. The van der Waals surface area contributed by atoms with E-state index in [9.17, 15) is 0 Å². The lowest BCUT2D eigenvalue weighted by atomic mass is 9.93. The van der Waals surface area contributed by atoms with E-state index < -0.39 is 61.3 Å². The highest BCUT2D eigenvalue weighted by Crippen LogP contribution is 2.38. The fourth-order valence-electron chi connectivity index (χ4n) is 11.5. The second-order valence-electron chi connectivity index (χ2n) is 22.7. The van der Waals surface area contributed by atoms with E-state index in [0.717, 1.165) is 63.8 Å². The lowest BCUT2D eigenvalue weighted by Gasteiger charge is -2.52. The SMILES string of the molecule is CCCCCCCCOC1O[C@H](COCc2ccccc2)[C@H](OCc2ccccc2)[C@H](OCc2ccccc2)[C@H]1O[C@@H]1O[C@H](COCc2ccccc2)[C@H](OCc2ccccc2)[C@H](OCc2ccccc2)[C@H]1N(Cc1ccccc1)Cc1ccccc1. The Morgan fingerprint density at radius 3 is 1.03 bits per heavy atom. The molecular formula is C76H87NO10. The van der Waals surface area contributed by atoms with Crippen molar-refractivity contribution in [3.8, 4) is 0 Å². The molecule has 0 radical (unpaired) electrons. The summed E-state index contributed by atoms with van der Waals surface area (Å²) in [6.45, 7) is 5.97. The molecule has 0 spiro atoms. The van der Waals surface area contributed by atoms with Gasteiger partial charge in [-0.2, -0.15) is 0 Å². The minimum atomic E-state index is -1.03. The summed E-state index contributed by atoms with van der Waals surface area (Å²) in [5.41, 5.74) is 8.37. The fourth-order valence-corrected chi connectivity index (χ4v) is 11.5. The molecule has 1 unspecified atom stereocenters. The smallest absolute Gasteiger partial charge is 0.187 e. The quantitative estimate of drug-likeness (QED) is 0.0355. The van der Waals surface area contributed by atoms with E-state index in [4.69, 9.17) is 47.4 Å². The molecule has 11 nitrogen and oxygen atoms in total. The zero-order valence-corrected chi connectivity index (χ0v) is 50.4. The third kappa shape index (κ3) is 19.9. The molecular weight excluding hydrogens is 1090 g/mol. The summed E-state index contributed by atoms with van der Waals surface area (Å²) in [6.07, 6.45) is -0.530. The van der Waals surface area contributed by atoms with Crippen molar-refractivity contribution in [2.24, 2.45) is 0 Å². The molecule has 2 heterocycles. The van der Waals surface area contributed by atoms with Crippen molar-refractivity contribution in [1.82, 2.24) is 4.90 Å². The van der Waals surface area contributed by atoms with Crippen molar-refractivity contribution in [2.45, 2.75) is 160 Å². The molecule has 8 aromatic rings. The van der Waals surface area contributed by atoms with Crippen molar-refractivity contribution in [2.75, 3.05) is 19.8 Å². The molecule has 2 aliphatic rings. The van der Waals surface area contributed by atoms with Crippen LogP contribution in [0.2, 0.25) is 0 Å². The molecule has 10 rings (SSSR count). The van der Waals surface area contributed by atoms with Gasteiger partial charge in [-0.15, -0.1) is 0 Å². The first kappa shape index (κ1) is 63.3. The van der Waals surface area contributed by atoms with Crippen LogP contribution in [0, 0.1) is 0 Å². The van der Waals surface area contributed by atoms with Crippen molar-refractivity contribution < 1.29 is 47.4 Å². The third-order valence-electron chi connectivity index (χ3n) is 16.1. The van der Waals surface area contributed by atoms with Gasteiger partial charge in [0.25, 0.3) is 0 Å². The Labute approximate surface area is 516 Å². The molecule has 0 N–H and O–H groups in total. The molecule has 0 amide bonds. The zero-order valence-electron chi connectivity index (χ0n) is 50.4. The Hall–Kier alpha value is -6.68. The summed E-state index contributed by atoms with van der Waals surface area (Å²) in [5.74, 6) is 0. The van der Waals surface area contributed by atoms with Crippen LogP contribution in [0.1, 0.15) is 90.0 Å². The van der Waals surface area contributed by atoms with Crippen LogP contribution in [0.4, 0.5) is 0 Å². The number of hydrogen-bond donors (Lipinski definition) is 0. The minimum absolute atomic E-state index is 0.167. The standard InChI is InChI=1S/C76H87NO10/c1-2-3-4-5-6-31-48-80-76-74(73(84-56-66-46-29-14-30-47-66)71(82-54-64-42-25-12-26-43-64)68(86-76)58-79-52-62-38-21-10-22-39-62)87-75-69(77(49-59-32-15-7-16-33-59)50-60-34-17-8-18-35-60)72(83-55-65-44-27-13-28-45-65)70(81-53-63-40-23-11-24-41-63)67(85-75)57-78-51-61-36-19-9-20-37-61/h7-30,32-47,67-76H,2-6,31,48-58H2,1H3/t67-,68-,69-,70+,71+,72-,73+,74-,75+,76?/m1/s1. The summed E-state index contributed by atoms with van der Waals surface area (Å²) in [4.78, 5) is 2.43. The first-order valence-electron chi connectivity index (χ1n) is 31.4. The van der Waals surface area contributed by atoms with Gasteiger partial charge in [-0.3, -0.25) is 4.90 Å². The molecule has 0 bridgehead atoms. The summed E-state index contributed by atoms with van der Waals surface area (Å²) < 4.78 is 72.9. The van der Waals surface area contributed by atoms with Gasteiger partial charge >= 0.3 is 0 Å². The molecule has 0 saturated carbocycles. The molecule has 0 aromatic heterocycles. The summed E-state index contributed by atoms with van der Waals surface area (Å²) >= 11 is 0. The largest absolute Gasteiger partial charge is 0.374 e.